The Kier molecular flexibility index (Phi) is 4.24. The number of morpholine rings is 1. The SMILES string of the molecule is O=C(Nc1ccccc1F)c1cnc(N2CCOCC2)cn1. The number of hydrogen-bond acceptors (Lipinski definition) is 5. The van der Waals surface area contributed by atoms with Crippen molar-refractivity contribution in [2.45, 2.75) is 0 Å². The number of nitrogens with zero attached hydrogens (tertiary/aromatic N) is 3. The van der Waals surface area contributed by atoms with Crippen LogP contribution in [0.1, 0.15) is 10.5 Å². The highest BCUT2D eigenvalue weighted by atomic mass is 19.1. The lowest BCUT2D eigenvalue weighted by Gasteiger charge is -2.27. The Bertz CT molecular complexity index is 657. The van der Waals surface area contributed by atoms with Gasteiger partial charge in [0.2, 0.25) is 0 Å². The second-order valence-corrected chi connectivity index (χ2v) is 4.79. The van der Waals surface area contributed by atoms with Crippen molar-refractivity contribution >= 4 is 17.4 Å². The van der Waals surface area contributed by atoms with Gasteiger partial charge in [0.05, 0.1) is 31.3 Å². The molecule has 1 aliphatic heterocycles. The van der Waals surface area contributed by atoms with E-state index in [1.165, 1.54) is 18.3 Å². The first-order valence-electron chi connectivity index (χ1n) is 6.94. The van der Waals surface area contributed by atoms with Crippen LogP contribution in [0, 0.1) is 5.82 Å². The second-order valence-electron chi connectivity index (χ2n) is 4.79. The zero-order valence-electron chi connectivity index (χ0n) is 11.8. The molecule has 1 N–H and O–H groups in total. The van der Waals surface area contributed by atoms with Gasteiger partial charge in [-0.2, -0.15) is 0 Å². The summed E-state index contributed by atoms with van der Waals surface area (Å²) in [5.74, 6) is -0.286. The summed E-state index contributed by atoms with van der Waals surface area (Å²) in [6, 6.07) is 5.97. The number of hydrogen-bond donors (Lipinski definition) is 1. The Morgan fingerprint density at radius 1 is 1.18 bits per heavy atom. The van der Waals surface area contributed by atoms with E-state index in [1.54, 1.807) is 18.3 Å². The van der Waals surface area contributed by atoms with Crippen molar-refractivity contribution in [2.24, 2.45) is 0 Å². The van der Waals surface area contributed by atoms with E-state index in [2.05, 4.69) is 15.3 Å². The predicted octanol–water partition coefficient (Wildman–Crippen LogP) is 1.70. The van der Waals surface area contributed by atoms with Gasteiger partial charge in [0.15, 0.2) is 0 Å². The highest BCUT2D eigenvalue weighted by molar-refractivity contribution is 6.02. The highest BCUT2D eigenvalue weighted by Gasteiger charge is 2.15. The highest BCUT2D eigenvalue weighted by Crippen LogP contribution is 2.14. The molecule has 114 valence electrons. The summed E-state index contributed by atoms with van der Waals surface area (Å²) in [6.07, 6.45) is 2.93. The molecular weight excluding hydrogens is 287 g/mol. The molecule has 0 unspecified atom stereocenters. The van der Waals surface area contributed by atoms with E-state index in [9.17, 15) is 9.18 Å². The number of para-hydroxylation sites is 1. The summed E-state index contributed by atoms with van der Waals surface area (Å²) >= 11 is 0. The number of carbonyl (C=O) groups excluding carboxylic acids is 1. The van der Waals surface area contributed by atoms with Gasteiger partial charge in [-0.25, -0.2) is 14.4 Å². The van der Waals surface area contributed by atoms with E-state index in [1.807, 2.05) is 4.90 Å². The van der Waals surface area contributed by atoms with Crippen LogP contribution in [0.4, 0.5) is 15.9 Å². The summed E-state index contributed by atoms with van der Waals surface area (Å²) < 4.78 is 18.8. The number of amides is 1. The normalized spacial score (nSPS) is 14.7. The number of ether oxygens (including phenoxy) is 1. The average molecular weight is 302 g/mol. The Balaban J connectivity index is 1.69. The molecule has 6 nitrogen and oxygen atoms in total. The molecule has 0 aliphatic carbocycles. The van der Waals surface area contributed by atoms with Gasteiger partial charge < -0.3 is 15.0 Å². The molecule has 3 rings (SSSR count). The Labute approximate surface area is 126 Å². The number of benzene rings is 1. The topological polar surface area (TPSA) is 67.4 Å². The zero-order chi connectivity index (χ0) is 15.4. The molecular formula is C15H15FN4O2. The van der Waals surface area contributed by atoms with Crippen LogP contribution in [0.2, 0.25) is 0 Å². The maximum absolute atomic E-state index is 13.5. The fraction of sp³-hybridized carbons (Fsp3) is 0.267. The minimum Gasteiger partial charge on any atom is -0.378 e. The van der Waals surface area contributed by atoms with E-state index in [0.717, 1.165) is 13.1 Å². The first kappa shape index (κ1) is 14.4. The fourth-order valence-electron chi connectivity index (χ4n) is 2.14. The van der Waals surface area contributed by atoms with Crippen molar-refractivity contribution in [2.75, 3.05) is 36.5 Å². The monoisotopic (exact) mass is 302 g/mol. The van der Waals surface area contributed by atoms with E-state index in [0.29, 0.717) is 19.0 Å². The minimum absolute atomic E-state index is 0.117. The summed E-state index contributed by atoms with van der Waals surface area (Å²) in [7, 11) is 0. The molecule has 0 radical (unpaired) electrons. The quantitative estimate of drug-likeness (QED) is 0.935. The van der Waals surface area contributed by atoms with Crippen LogP contribution in [-0.2, 0) is 4.74 Å². The molecule has 1 aromatic carbocycles. The molecule has 22 heavy (non-hydrogen) atoms. The summed E-state index contributed by atoms with van der Waals surface area (Å²) in [5.41, 5.74) is 0.256. The van der Waals surface area contributed by atoms with Crippen molar-refractivity contribution in [1.29, 1.82) is 0 Å². The summed E-state index contributed by atoms with van der Waals surface area (Å²) in [5, 5.41) is 2.48. The first-order chi connectivity index (χ1) is 10.7. The van der Waals surface area contributed by atoms with E-state index in [-0.39, 0.29) is 11.4 Å². The van der Waals surface area contributed by atoms with Gasteiger partial charge in [-0.05, 0) is 12.1 Å². The van der Waals surface area contributed by atoms with Gasteiger partial charge in [0.25, 0.3) is 5.91 Å². The van der Waals surface area contributed by atoms with Gasteiger partial charge >= 0.3 is 0 Å². The minimum atomic E-state index is -0.494. The number of halogens is 1. The van der Waals surface area contributed by atoms with Crippen molar-refractivity contribution in [3.05, 3.63) is 48.2 Å². The maximum Gasteiger partial charge on any atom is 0.275 e. The van der Waals surface area contributed by atoms with Gasteiger partial charge in [0, 0.05) is 13.1 Å². The standard InChI is InChI=1S/C15H15FN4O2/c16-11-3-1-2-4-12(11)19-15(21)13-9-18-14(10-17-13)20-5-7-22-8-6-20/h1-4,9-10H,5-8H2,(H,19,21). The predicted molar refractivity (Wildman–Crippen MR) is 79.4 cm³/mol. The summed E-state index contributed by atoms with van der Waals surface area (Å²) in [4.78, 5) is 22.4. The molecule has 1 aliphatic rings. The van der Waals surface area contributed by atoms with E-state index in [4.69, 9.17) is 4.74 Å². The van der Waals surface area contributed by atoms with Crippen molar-refractivity contribution < 1.29 is 13.9 Å². The van der Waals surface area contributed by atoms with Crippen molar-refractivity contribution in [3.63, 3.8) is 0 Å². The molecule has 0 atom stereocenters. The maximum atomic E-state index is 13.5. The first-order valence-corrected chi connectivity index (χ1v) is 6.94. The number of aromatic nitrogens is 2. The number of carbonyl (C=O) groups is 1. The Morgan fingerprint density at radius 2 is 1.95 bits per heavy atom. The van der Waals surface area contributed by atoms with Gasteiger partial charge in [-0.15, -0.1) is 0 Å². The molecule has 2 heterocycles. The van der Waals surface area contributed by atoms with Crippen molar-refractivity contribution in [3.8, 4) is 0 Å². The van der Waals surface area contributed by atoms with Crippen LogP contribution < -0.4 is 10.2 Å². The molecule has 2 aromatic rings. The lowest BCUT2D eigenvalue weighted by molar-refractivity contribution is 0.102. The number of nitrogens with one attached hydrogen (secondary N) is 1. The van der Waals surface area contributed by atoms with Crippen LogP contribution in [0.5, 0.6) is 0 Å². The largest absolute Gasteiger partial charge is 0.378 e. The number of rotatable bonds is 3. The van der Waals surface area contributed by atoms with E-state index < -0.39 is 11.7 Å². The second kappa shape index (κ2) is 6.48. The fourth-order valence-corrected chi connectivity index (χ4v) is 2.14. The van der Waals surface area contributed by atoms with Crippen LogP contribution in [0.3, 0.4) is 0 Å². The Hall–Kier alpha value is -2.54. The third kappa shape index (κ3) is 3.20. The van der Waals surface area contributed by atoms with Crippen molar-refractivity contribution in [1.82, 2.24) is 9.97 Å². The molecule has 1 aromatic heterocycles. The van der Waals surface area contributed by atoms with Crippen LogP contribution in [0.25, 0.3) is 0 Å². The lowest BCUT2D eigenvalue weighted by atomic mass is 10.3. The lowest BCUT2D eigenvalue weighted by Crippen LogP contribution is -2.36. The average Bonchev–Trinajstić information content (AvgIpc) is 2.58. The zero-order valence-corrected chi connectivity index (χ0v) is 11.8. The third-order valence-corrected chi connectivity index (χ3v) is 3.33. The molecule has 0 saturated carbocycles. The molecule has 0 bridgehead atoms. The van der Waals surface area contributed by atoms with Gasteiger partial charge in [-0.3, -0.25) is 4.79 Å². The smallest absolute Gasteiger partial charge is 0.275 e. The molecule has 1 saturated heterocycles. The molecule has 7 heteroatoms. The molecule has 0 spiro atoms. The van der Waals surface area contributed by atoms with Gasteiger partial charge in [0.1, 0.15) is 17.3 Å². The number of anilines is 2. The molecule has 1 amide bonds. The van der Waals surface area contributed by atoms with Crippen LogP contribution >= 0.6 is 0 Å². The summed E-state index contributed by atoms with van der Waals surface area (Å²) in [6.45, 7) is 2.79. The third-order valence-electron chi connectivity index (χ3n) is 3.33. The Morgan fingerprint density at radius 3 is 2.64 bits per heavy atom. The van der Waals surface area contributed by atoms with Crippen LogP contribution in [-0.4, -0.2) is 42.2 Å². The van der Waals surface area contributed by atoms with Crippen LogP contribution in [0.15, 0.2) is 36.7 Å². The van der Waals surface area contributed by atoms with E-state index >= 15 is 0 Å². The molecule has 1 fully saturated rings. The van der Waals surface area contributed by atoms with Gasteiger partial charge in [-0.1, -0.05) is 12.1 Å².